The summed E-state index contributed by atoms with van der Waals surface area (Å²) in [6.07, 6.45) is -5.97. The number of carbonyl (C=O) groups is 1. The average Bonchev–Trinajstić information content (AvgIpc) is 2.11. The zero-order valence-electron chi connectivity index (χ0n) is 7.52. The second-order valence-corrected chi connectivity index (χ2v) is 4.33. The fourth-order valence-corrected chi connectivity index (χ4v) is 1.30. The first-order valence-electron chi connectivity index (χ1n) is 3.82. The van der Waals surface area contributed by atoms with Crippen molar-refractivity contribution >= 4 is 15.9 Å². The van der Waals surface area contributed by atoms with Gasteiger partial charge in [-0.05, 0) is 0 Å². The molecule has 0 radical (unpaired) electrons. The average molecular weight is 244 g/mol. The van der Waals surface area contributed by atoms with Crippen LogP contribution in [0.1, 0.15) is 0 Å². The van der Waals surface area contributed by atoms with Gasteiger partial charge in [-0.15, -0.1) is 0 Å². The van der Waals surface area contributed by atoms with Crippen molar-refractivity contribution in [3.05, 3.63) is 0 Å². The molecule has 0 bridgehead atoms. The second-order valence-electron chi connectivity index (χ2n) is 2.88. The van der Waals surface area contributed by atoms with Crippen molar-refractivity contribution in [3.63, 3.8) is 0 Å². The van der Waals surface area contributed by atoms with E-state index in [2.05, 4.69) is 0 Å². The highest BCUT2D eigenvalue weighted by Gasteiger charge is 2.31. The van der Waals surface area contributed by atoms with Gasteiger partial charge in [-0.25, -0.2) is 0 Å². The van der Waals surface area contributed by atoms with Gasteiger partial charge >= 0.3 is 0 Å². The molecule has 0 unspecified atom stereocenters. The largest absolute Gasteiger partial charge is 0.394 e. The third kappa shape index (κ3) is 5.16. The van der Waals surface area contributed by atoms with E-state index in [1.807, 2.05) is 0 Å². The quantitative estimate of drug-likeness (QED) is 0.302. The van der Waals surface area contributed by atoms with E-state index in [4.69, 9.17) is 25.0 Å². The molecule has 0 aromatic heterocycles. The highest BCUT2D eigenvalue weighted by molar-refractivity contribution is 7.86. The maximum absolute atomic E-state index is 10.9. The normalized spacial score (nSPS) is 18.2. The van der Waals surface area contributed by atoms with Crippen LogP contribution in [0.5, 0.6) is 0 Å². The zero-order valence-corrected chi connectivity index (χ0v) is 8.33. The van der Waals surface area contributed by atoms with Crippen LogP contribution in [0, 0.1) is 0 Å². The summed E-state index contributed by atoms with van der Waals surface area (Å²) in [4.78, 5) is 10.9. The molecule has 90 valence electrons. The Balaban J connectivity index is 4.45. The molecule has 0 spiro atoms. The Kier molecular flexibility index (Phi) is 5.28. The van der Waals surface area contributed by atoms with Crippen molar-refractivity contribution in [2.24, 2.45) is 0 Å². The van der Waals surface area contributed by atoms with Crippen LogP contribution >= 0.6 is 0 Å². The third-order valence-corrected chi connectivity index (χ3v) is 2.21. The molecule has 0 fully saturated rings. The summed E-state index contributed by atoms with van der Waals surface area (Å²) in [7, 11) is -4.60. The number of aliphatic hydroxyl groups excluding tert-OH is 4. The zero-order chi connectivity index (χ0) is 12.2. The van der Waals surface area contributed by atoms with Crippen LogP contribution in [-0.2, 0) is 14.9 Å². The molecule has 0 aliphatic carbocycles. The van der Waals surface area contributed by atoms with Crippen molar-refractivity contribution in [1.82, 2.24) is 0 Å². The number of hydrogen-bond donors (Lipinski definition) is 5. The van der Waals surface area contributed by atoms with Crippen LogP contribution in [-0.4, -0.2) is 69.9 Å². The van der Waals surface area contributed by atoms with Crippen molar-refractivity contribution in [2.75, 3.05) is 12.4 Å². The summed E-state index contributed by atoms with van der Waals surface area (Å²) in [6.45, 7) is -0.905. The molecular formula is C6H12O8S. The third-order valence-electron chi connectivity index (χ3n) is 1.56. The van der Waals surface area contributed by atoms with Gasteiger partial charge in [0, 0.05) is 0 Å². The molecule has 9 heteroatoms. The first-order valence-corrected chi connectivity index (χ1v) is 5.43. The Morgan fingerprint density at radius 2 is 1.67 bits per heavy atom. The van der Waals surface area contributed by atoms with Crippen molar-refractivity contribution in [2.45, 2.75) is 18.3 Å². The Morgan fingerprint density at radius 1 is 1.20 bits per heavy atom. The molecule has 0 aliphatic rings. The lowest BCUT2D eigenvalue weighted by Gasteiger charge is -2.19. The Bertz CT molecular complexity index is 309. The fraction of sp³-hybridized carbons (Fsp3) is 0.833. The molecule has 3 atom stereocenters. The standard InChI is InChI=1S/C6H12O8S/c7-1-3(8)5(10)6(11)4(9)2-15(12,13)14/h3,5-8,10-11H,1-2H2,(H,12,13,14)/t3-,5+,6-/m0/s1. The Hall–Kier alpha value is -0.580. The molecule has 0 aromatic carbocycles. The predicted octanol–water partition coefficient (Wildman–Crippen LogP) is -3.48. The highest BCUT2D eigenvalue weighted by atomic mass is 32.2. The second kappa shape index (κ2) is 5.49. The van der Waals surface area contributed by atoms with Crippen molar-refractivity contribution in [3.8, 4) is 0 Å². The lowest BCUT2D eigenvalue weighted by Crippen LogP contribution is -2.45. The van der Waals surface area contributed by atoms with E-state index in [0.717, 1.165) is 0 Å². The predicted molar refractivity (Wildman–Crippen MR) is 46.5 cm³/mol. The van der Waals surface area contributed by atoms with Crippen LogP contribution < -0.4 is 0 Å². The topological polar surface area (TPSA) is 152 Å². The molecule has 8 nitrogen and oxygen atoms in total. The van der Waals surface area contributed by atoms with Gasteiger partial charge in [0.1, 0.15) is 24.1 Å². The molecule has 0 rings (SSSR count). The van der Waals surface area contributed by atoms with E-state index >= 15 is 0 Å². The molecular weight excluding hydrogens is 232 g/mol. The summed E-state index contributed by atoms with van der Waals surface area (Å²) in [6, 6.07) is 0. The summed E-state index contributed by atoms with van der Waals surface area (Å²) >= 11 is 0. The van der Waals surface area contributed by atoms with Gasteiger partial charge in [-0.1, -0.05) is 0 Å². The van der Waals surface area contributed by atoms with Gasteiger partial charge in [-0.3, -0.25) is 9.35 Å². The molecule has 0 aromatic rings. The van der Waals surface area contributed by atoms with E-state index in [9.17, 15) is 13.2 Å². The summed E-state index contributed by atoms with van der Waals surface area (Å²) in [5, 5.41) is 35.2. The van der Waals surface area contributed by atoms with Gasteiger partial charge in [0.2, 0.25) is 0 Å². The monoisotopic (exact) mass is 244 g/mol. The lowest BCUT2D eigenvalue weighted by atomic mass is 10.1. The van der Waals surface area contributed by atoms with E-state index in [1.165, 1.54) is 0 Å². The van der Waals surface area contributed by atoms with Crippen LogP contribution in [0.2, 0.25) is 0 Å². The molecule has 5 N–H and O–H groups in total. The summed E-state index contributed by atoms with van der Waals surface area (Å²) in [5.41, 5.74) is 0. The maximum Gasteiger partial charge on any atom is 0.272 e. The van der Waals surface area contributed by atoms with E-state index < -0.39 is 46.6 Å². The van der Waals surface area contributed by atoms with Crippen LogP contribution in [0.15, 0.2) is 0 Å². The summed E-state index contributed by atoms with van der Waals surface area (Å²) < 4.78 is 28.7. The molecule has 0 saturated heterocycles. The van der Waals surface area contributed by atoms with Gasteiger partial charge < -0.3 is 20.4 Å². The first kappa shape index (κ1) is 14.4. The minimum absolute atomic E-state index is 0.905. The minimum Gasteiger partial charge on any atom is -0.394 e. The number of Topliss-reactive ketones (excluding diaryl/α,β-unsaturated/α-hetero) is 1. The SMILES string of the molecule is O=C(CS(=O)(=O)O)[C@H](O)[C@H](O)[C@@H](O)CO. The number of hydrogen-bond acceptors (Lipinski definition) is 7. The summed E-state index contributed by atoms with van der Waals surface area (Å²) in [5.74, 6) is -2.75. The van der Waals surface area contributed by atoms with Crippen LogP contribution in [0.4, 0.5) is 0 Å². The molecule has 15 heavy (non-hydrogen) atoms. The van der Waals surface area contributed by atoms with Gasteiger partial charge in [0.25, 0.3) is 10.1 Å². The van der Waals surface area contributed by atoms with E-state index in [0.29, 0.717) is 0 Å². The number of aliphatic hydroxyl groups is 4. The van der Waals surface area contributed by atoms with Gasteiger partial charge in [-0.2, -0.15) is 8.42 Å². The van der Waals surface area contributed by atoms with Crippen molar-refractivity contribution in [1.29, 1.82) is 0 Å². The molecule has 0 aliphatic heterocycles. The van der Waals surface area contributed by atoms with Crippen LogP contribution in [0.25, 0.3) is 0 Å². The fourth-order valence-electron chi connectivity index (χ4n) is 0.774. The van der Waals surface area contributed by atoms with Crippen molar-refractivity contribution < 1.29 is 38.2 Å². The van der Waals surface area contributed by atoms with E-state index in [1.54, 1.807) is 0 Å². The minimum atomic E-state index is -4.60. The van der Waals surface area contributed by atoms with Gasteiger partial charge in [0.05, 0.1) is 6.61 Å². The smallest absolute Gasteiger partial charge is 0.272 e. The molecule has 0 saturated carbocycles. The Morgan fingerprint density at radius 3 is 2.00 bits per heavy atom. The van der Waals surface area contributed by atoms with Crippen LogP contribution in [0.3, 0.4) is 0 Å². The first-order chi connectivity index (χ1) is 6.69. The Labute approximate surface area is 85.5 Å². The highest BCUT2D eigenvalue weighted by Crippen LogP contribution is 2.02. The van der Waals surface area contributed by atoms with E-state index in [-0.39, 0.29) is 0 Å². The number of ketones is 1. The van der Waals surface area contributed by atoms with Gasteiger partial charge in [0.15, 0.2) is 5.78 Å². The molecule has 0 amide bonds. The maximum atomic E-state index is 10.9. The number of rotatable bonds is 6. The number of carbonyl (C=O) groups excluding carboxylic acids is 1. The molecule has 0 heterocycles. The lowest BCUT2D eigenvalue weighted by molar-refractivity contribution is -0.137.